The third kappa shape index (κ3) is 4.89. The number of piperidine rings is 1. The Balaban J connectivity index is 1.38. The highest BCUT2D eigenvalue weighted by molar-refractivity contribution is 7.88. The number of aryl methyl sites for hydroxylation is 1. The zero-order valence-electron chi connectivity index (χ0n) is 19.9. The van der Waals surface area contributed by atoms with Crippen molar-refractivity contribution in [1.29, 1.82) is 0 Å². The van der Waals surface area contributed by atoms with Crippen LogP contribution in [0.3, 0.4) is 0 Å². The van der Waals surface area contributed by atoms with Crippen molar-refractivity contribution in [3.63, 3.8) is 0 Å². The standard InChI is InChI=1S/C23H28N8O3S/c1-14-5-4-6-17-18(14)23(34-11-16-7-9-31(10-8-16)35(3,32)33)30-20(29-17)15(2)28-22-19-21(25-12-24-19)26-13-27-22/h4-6,12-13,15-16H,7-11H2,1-3H3,(H2,24,25,26,27,28). The van der Waals surface area contributed by atoms with Crippen LogP contribution >= 0.6 is 0 Å². The average molecular weight is 497 g/mol. The van der Waals surface area contributed by atoms with Crippen LogP contribution in [0.2, 0.25) is 0 Å². The Hall–Kier alpha value is -3.38. The van der Waals surface area contributed by atoms with Gasteiger partial charge in [-0.25, -0.2) is 32.7 Å². The molecule has 4 heterocycles. The van der Waals surface area contributed by atoms with Gasteiger partial charge in [0, 0.05) is 13.1 Å². The maximum absolute atomic E-state index is 11.8. The highest BCUT2D eigenvalue weighted by Gasteiger charge is 2.26. The van der Waals surface area contributed by atoms with Gasteiger partial charge in [0.1, 0.15) is 11.8 Å². The summed E-state index contributed by atoms with van der Waals surface area (Å²) in [6, 6.07) is 5.66. The number of fused-ring (bicyclic) bond motifs is 2. The number of anilines is 1. The molecule has 1 aliphatic heterocycles. The summed E-state index contributed by atoms with van der Waals surface area (Å²) in [5.41, 5.74) is 3.13. The Morgan fingerprint density at radius 3 is 2.77 bits per heavy atom. The first-order chi connectivity index (χ1) is 16.8. The van der Waals surface area contributed by atoms with Gasteiger partial charge in [0.2, 0.25) is 15.9 Å². The first kappa shape index (κ1) is 23.4. The molecule has 4 aromatic rings. The third-order valence-corrected chi connectivity index (χ3v) is 7.67. The van der Waals surface area contributed by atoms with Crippen LogP contribution in [0, 0.1) is 12.8 Å². The maximum atomic E-state index is 11.8. The molecule has 3 aromatic heterocycles. The maximum Gasteiger partial charge on any atom is 0.225 e. The second-order valence-electron chi connectivity index (χ2n) is 8.96. The van der Waals surface area contributed by atoms with Crippen molar-refractivity contribution in [2.45, 2.75) is 32.7 Å². The van der Waals surface area contributed by atoms with Gasteiger partial charge in [-0.3, -0.25) is 0 Å². The summed E-state index contributed by atoms with van der Waals surface area (Å²) in [5, 5.41) is 4.22. The van der Waals surface area contributed by atoms with E-state index in [0.29, 0.717) is 48.4 Å². The minimum Gasteiger partial charge on any atom is -0.477 e. The Labute approximate surface area is 203 Å². The number of hydrogen-bond donors (Lipinski definition) is 2. The van der Waals surface area contributed by atoms with Gasteiger partial charge in [0.25, 0.3) is 0 Å². The molecule has 2 N–H and O–H groups in total. The summed E-state index contributed by atoms with van der Waals surface area (Å²) in [6.07, 6.45) is 5.83. The lowest BCUT2D eigenvalue weighted by atomic mass is 9.99. The zero-order valence-corrected chi connectivity index (χ0v) is 20.7. The summed E-state index contributed by atoms with van der Waals surface area (Å²) in [5.74, 6) is 1.97. The Kier molecular flexibility index (Phi) is 6.24. The minimum atomic E-state index is -3.15. The van der Waals surface area contributed by atoms with Crippen molar-refractivity contribution in [2.75, 3.05) is 31.3 Å². The van der Waals surface area contributed by atoms with Gasteiger partial charge in [-0.05, 0) is 44.2 Å². The van der Waals surface area contributed by atoms with E-state index in [1.807, 2.05) is 32.0 Å². The van der Waals surface area contributed by atoms with E-state index in [2.05, 4.69) is 25.3 Å². The van der Waals surface area contributed by atoms with Gasteiger partial charge in [-0.1, -0.05) is 12.1 Å². The number of aromatic nitrogens is 6. The quantitative estimate of drug-likeness (QED) is 0.395. The predicted molar refractivity (Wildman–Crippen MR) is 133 cm³/mol. The molecular weight excluding hydrogens is 468 g/mol. The van der Waals surface area contributed by atoms with E-state index < -0.39 is 10.0 Å². The van der Waals surface area contributed by atoms with Gasteiger partial charge in [-0.2, -0.15) is 4.98 Å². The first-order valence-electron chi connectivity index (χ1n) is 11.6. The Morgan fingerprint density at radius 2 is 2.00 bits per heavy atom. The molecule has 35 heavy (non-hydrogen) atoms. The number of H-pyrrole nitrogens is 1. The Morgan fingerprint density at radius 1 is 1.20 bits per heavy atom. The van der Waals surface area contributed by atoms with E-state index >= 15 is 0 Å². The average Bonchev–Trinajstić information content (AvgIpc) is 3.32. The fourth-order valence-electron chi connectivity index (χ4n) is 4.37. The lowest BCUT2D eigenvalue weighted by Crippen LogP contribution is -2.39. The number of ether oxygens (including phenoxy) is 1. The van der Waals surface area contributed by atoms with Gasteiger partial charge < -0.3 is 15.0 Å². The van der Waals surface area contributed by atoms with Crippen LogP contribution in [0.5, 0.6) is 5.88 Å². The number of aromatic amines is 1. The molecule has 12 heteroatoms. The number of sulfonamides is 1. The number of rotatable bonds is 7. The van der Waals surface area contributed by atoms with Gasteiger partial charge in [-0.15, -0.1) is 0 Å². The molecule has 1 aliphatic rings. The molecule has 0 amide bonds. The van der Waals surface area contributed by atoms with Crippen molar-refractivity contribution < 1.29 is 13.2 Å². The molecule has 1 fully saturated rings. The molecule has 1 unspecified atom stereocenters. The summed E-state index contributed by atoms with van der Waals surface area (Å²) >= 11 is 0. The Bertz CT molecular complexity index is 1460. The van der Waals surface area contributed by atoms with E-state index in [4.69, 9.17) is 14.7 Å². The second kappa shape index (κ2) is 9.34. The highest BCUT2D eigenvalue weighted by Crippen LogP contribution is 2.30. The largest absolute Gasteiger partial charge is 0.477 e. The van der Waals surface area contributed by atoms with E-state index in [9.17, 15) is 8.42 Å². The molecule has 0 aliphatic carbocycles. The van der Waals surface area contributed by atoms with Crippen molar-refractivity contribution in [1.82, 2.24) is 34.2 Å². The van der Waals surface area contributed by atoms with Gasteiger partial charge in [0.15, 0.2) is 17.3 Å². The lowest BCUT2D eigenvalue weighted by molar-refractivity contribution is 0.182. The molecule has 184 valence electrons. The molecule has 0 bridgehead atoms. The van der Waals surface area contributed by atoms with Crippen LogP contribution in [0.25, 0.3) is 22.1 Å². The summed E-state index contributed by atoms with van der Waals surface area (Å²) < 4.78 is 31.4. The van der Waals surface area contributed by atoms with Crippen LogP contribution in [-0.4, -0.2) is 68.6 Å². The molecular formula is C23H28N8O3S. The molecule has 1 saturated heterocycles. The van der Waals surface area contributed by atoms with Crippen molar-refractivity contribution in [2.24, 2.45) is 5.92 Å². The SMILES string of the molecule is Cc1cccc2nc(C(C)Nc3ncnc4[nH]cnc34)nc(OCC3CCN(S(C)(=O)=O)CC3)c12. The number of nitrogens with zero attached hydrogens (tertiary/aromatic N) is 6. The highest BCUT2D eigenvalue weighted by atomic mass is 32.2. The van der Waals surface area contributed by atoms with E-state index in [1.165, 1.54) is 16.9 Å². The third-order valence-electron chi connectivity index (χ3n) is 6.37. The van der Waals surface area contributed by atoms with Crippen LogP contribution < -0.4 is 10.1 Å². The normalized spacial score (nSPS) is 16.5. The summed E-state index contributed by atoms with van der Waals surface area (Å²) in [7, 11) is -3.15. The number of imidazole rings is 1. The molecule has 0 spiro atoms. The molecule has 11 nitrogen and oxygen atoms in total. The second-order valence-corrected chi connectivity index (χ2v) is 10.9. The van der Waals surface area contributed by atoms with Crippen LogP contribution in [-0.2, 0) is 10.0 Å². The van der Waals surface area contributed by atoms with Crippen molar-refractivity contribution >= 4 is 37.9 Å². The van der Waals surface area contributed by atoms with E-state index in [0.717, 1.165) is 29.3 Å². The van der Waals surface area contributed by atoms with Gasteiger partial charge in [0.05, 0.1) is 36.1 Å². The van der Waals surface area contributed by atoms with Crippen LogP contribution in [0.4, 0.5) is 5.82 Å². The molecule has 1 aromatic carbocycles. The first-order valence-corrected chi connectivity index (χ1v) is 13.4. The van der Waals surface area contributed by atoms with E-state index in [1.54, 1.807) is 6.33 Å². The molecule has 0 saturated carbocycles. The molecule has 1 atom stereocenters. The fraction of sp³-hybridized carbons (Fsp3) is 0.435. The van der Waals surface area contributed by atoms with Crippen LogP contribution in [0.15, 0.2) is 30.9 Å². The molecule has 5 rings (SSSR count). The summed E-state index contributed by atoms with van der Waals surface area (Å²) in [4.78, 5) is 25.4. The van der Waals surface area contributed by atoms with Gasteiger partial charge >= 0.3 is 0 Å². The monoisotopic (exact) mass is 496 g/mol. The number of nitrogens with one attached hydrogen (secondary N) is 2. The topological polar surface area (TPSA) is 139 Å². The van der Waals surface area contributed by atoms with Crippen molar-refractivity contribution in [3.05, 3.63) is 42.2 Å². The minimum absolute atomic E-state index is 0.259. The zero-order chi connectivity index (χ0) is 24.6. The number of benzene rings is 1. The smallest absolute Gasteiger partial charge is 0.225 e. The summed E-state index contributed by atoms with van der Waals surface area (Å²) in [6.45, 7) is 5.48. The van der Waals surface area contributed by atoms with Crippen molar-refractivity contribution in [3.8, 4) is 5.88 Å². The molecule has 0 radical (unpaired) electrons. The van der Waals surface area contributed by atoms with E-state index in [-0.39, 0.29) is 12.0 Å². The lowest BCUT2D eigenvalue weighted by Gasteiger charge is -2.30. The predicted octanol–water partition coefficient (Wildman–Crippen LogP) is 2.83. The number of hydrogen-bond acceptors (Lipinski definition) is 9. The van der Waals surface area contributed by atoms with Crippen LogP contribution in [0.1, 0.15) is 37.2 Å². The fourth-order valence-corrected chi connectivity index (χ4v) is 5.25.